The van der Waals surface area contributed by atoms with Crippen LogP contribution in [0.3, 0.4) is 0 Å². The van der Waals surface area contributed by atoms with Gasteiger partial charge in [0.1, 0.15) is 18.1 Å². The molecule has 0 bridgehead atoms. The van der Waals surface area contributed by atoms with Crippen LogP contribution in [0.2, 0.25) is 5.02 Å². The van der Waals surface area contributed by atoms with Gasteiger partial charge >= 0.3 is 18.1 Å². The molecule has 0 radical (unpaired) electrons. The van der Waals surface area contributed by atoms with E-state index in [1.54, 1.807) is 0 Å². The molecule has 1 heterocycles. The van der Waals surface area contributed by atoms with Gasteiger partial charge < -0.3 is 0 Å². The summed E-state index contributed by atoms with van der Waals surface area (Å²) in [5.74, 6) is -5.22. The normalized spacial score (nSPS) is 15.5. The van der Waals surface area contributed by atoms with Crippen molar-refractivity contribution in [2.24, 2.45) is 0 Å². The van der Waals surface area contributed by atoms with Crippen molar-refractivity contribution < 1.29 is 40.7 Å². The summed E-state index contributed by atoms with van der Waals surface area (Å²) in [5, 5.41) is -0.245. The van der Waals surface area contributed by atoms with Crippen LogP contribution >= 0.6 is 11.6 Å². The van der Waals surface area contributed by atoms with E-state index in [0.29, 0.717) is 6.07 Å². The second-order valence-electron chi connectivity index (χ2n) is 7.52. The monoisotopic (exact) mass is 492 g/mol. The maximum Gasteiger partial charge on any atom is 0.342 e. The number of nitrogens with zero attached hydrogens (tertiary/aromatic N) is 2. The zero-order chi connectivity index (χ0) is 24.7. The quantitative estimate of drug-likeness (QED) is 0.321. The van der Waals surface area contributed by atoms with Gasteiger partial charge in [-0.15, -0.1) is 0 Å². The Bertz CT molecular complexity index is 1010. The minimum Gasteiger partial charge on any atom is -0.274 e. The molecule has 1 saturated heterocycles. The number of aryl methyl sites for hydroxylation is 1. The topological polar surface area (TPSA) is 57.7 Å². The first-order chi connectivity index (χ1) is 15.2. The SMILES string of the molecule is Cc1cc(F)cc(CC(F)(F)N2C(=O)CC(=O)N(C(F)(F)Cc3cc(F)cc(Cl)c3)C2=O)c1. The van der Waals surface area contributed by atoms with Crippen LogP contribution in [0.25, 0.3) is 0 Å². The lowest BCUT2D eigenvalue weighted by molar-refractivity contribution is -0.189. The maximum absolute atomic E-state index is 14.9. The Morgan fingerprint density at radius 1 is 0.788 bits per heavy atom. The Morgan fingerprint density at radius 2 is 1.24 bits per heavy atom. The predicted molar refractivity (Wildman–Crippen MR) is 104 cm³/mol. The number of benzene rings is 2. The van der Waals surface area contributed by atoms with Gasteiger partial charge in [0.25, 0.3) is 0 Å². The molecule has 0 N–H and O–H groups in total. The summed E-state index contributed by atoms with van der Waals surface area (Å²) in [6, 6.07) is -5.59. The molecule has 0 atom stereocenters. The van der Waals surface area contributed by atoms with E-state index in [9.17, 15) is 40.7 Å². The summed E-state index contributed by atoms with van der Waals surface area (Å²) in [6.07, 6.45) is -4.22. The lowest BCUT2D eigenvalue weighted by Gasteiger charge is -2.39. The second-order valence-corrected chi connectivity index (χ2v) is 7.95. The fourth-order valence-corrected chi connectivity index (χ4v) is 3.77. The standard InChI is InChI=1S/C21H15ClF6N2O3/c1-11-2-12(5-15(23)3-11)9-20(25,26)29-17(31)8-18(32)30(19(29)33)21(27,28)10-13-4-14(22)7-16(24)6-13/h2-7H,8-10H2,1H3. The van der Waals surface area contributed by atoms with Crippen molar-refractivity contribution >= 4 is 29.4 Å². The third-order valence-electron chi connectivity index (χ3n) is 4.70. The van der Waals surface area contributed by atoms with Crippen LogP contribution in [0, 0.1) is 18.6 Å². The zero-order valence-corrected chi connectivity index (χ0v) is 17.6. The van der Waals surface area contributed by atoms with Crippen LogP contribution in [-0.2, 0) is 22.4 Å². The van der Waals surface area contributed by atoms with E-state index in [2.05, 4.69) is 0 Å². The number of alkyl halides is 4. The van der Waals surface area contributed by atoms with Crippen LogP contribution in [0.4, 0.5) is 31.1 Å². The average molecular weight is 493 g/mol. The first kappa shape index (κ1) is 24.6. The van der Waals surface area contributed by atoms with E-state index in [4.69, 9.17) is 11.6 Å². The highest BCUT2D eigenvalue weighted by molar-refractivity contribution is 6.30. The molecule has 0 aliphatic carbocycles. The number of halogens is 7. The third-order valence-corrected chi connectivity index (χ3v) is 4.91. The number of rotatable bonds is 6. The highest BCUT2D eigenvalue weighted by atomic mass is 35.5. The van der Waals surface area contributed by atoms with E-state index < -0.39 is 76.2 Å². The van der Waals surface area contributed by atoms with Crippen molar-refractivity contribution in [3.63, 3.8) is 0 Å². The lowest BCUT2D eigenvalue weighted by Crippen LogP contribution is -2.65. The molecule has 0 unspecified atom stereocenters. The molecule has 3 rings (SSSR count). The number of carbonyl (C=O) groups excluding carboxylic acids is 3. The number of barbiturate groups is 1. The molecule has 12 heteroatoms. The van der Waals surface area contributed by atoms with Gasteiger partial charge in [-0.3, -0.25) is 9.59 Å². The molecular weight excluding hydrogens is 478 g/mol. The van der Waals surface area contributed by atoms with Crippen LogP contribution in [0.5, 0.6) is 0 Å². The van der Waals surface area contributed by atoms with Crippen molar-refractivity contribution in [2.45, 2.75) is 38.3 Å². The smallest absolute Gasteiger partial charge is 0.274 e. The molecule has 0 saturated carbocycles. The van der Waals surface area contributed by atoms with Gasteiger partial charge in [-0.05, 0) is 53.9 Å². The molecule has 4 amide bonds. The third kappa shape index (κ3) is 5.29. The minimum atomic E-state index is -4.39. The zero-order valence-electron chi connectivity index (χ0n) is 16.9. The molecule has 176 valence electrons. The molecule has 0 spiro atoms. The van der Waals surface area contributed by atoms with Gasteiger partial charge in [-0.25, -0.2) is 23.4 Å². The molecule has 5 nitrogen and oxygen atoms in total. The van der Waals surface area contributed by atoms with Crippen molar-refractivity contribution in [2.75, 3.05) is 0 Å². The fraction of sp³-hybridized carbons (Fsp3) is 0.286. The number of urea groups is 1. The largest absolute Gasteiger partial charge is 0.342 e. The summed E-state index contributed by atoms with van der Waals surface area (Å²) < 4.78 is 86.5. The summed E-state index contributed by atoms with van der Waals surface area (Å²) in [7, 11) is 0. The highest BCUT2D eigenvalue weighted by Crippen LogP contribution is 2.35. The van der Waals surface area contributed by atoms with Gasteiger partial charge in [0.05, 0.1) is 12.8 Å². The summed E-state index contributed by atoms with van der Waals surface area (Å²) in [5.41, 5.74) is -0.451. The highest BCUT2D eigenvalue weighted by Gasteiger charge is 2.57. The van der Waals surface area contributed by atoms with E-state index in [1.165, 1.54) is 13.0 Å². The van der Waals surface area contributed by atoms with Crippen LogP contribution in [0.1, 0.15) is 23.1 Å². The molecule has 1 aliphatic heterocycles. The molecular formula is C21H15ClF6N2O3. The Kier molecular flexibility index (Phi) is 6.47. The molecule has 2 aromatic rings. The number of hydrogen-bond donors (Lipinski definition) is 0. The molecule has 33 heavy (non-hydrogen) atoms. The van der Waals surface area contributed by atoms with E-state index in [0.717, 1.165) is 24.3 Å². The Morgan fingerprint density at radius 3 is 1.70 bits per heavy atom. The lowest BCUT2D eigenvalue weighted by atomic mass is 10.1. The van der Waals surface area contributed by atoms with Gasteiger partial charge in [0, 0.05) is 5.02 Å². The number of hydrogen-bond acceptors (Lipinski definition) is 3. The van der Waals surface area contributed by atoms with E-state index >= 15 is 0 Å². The van der Waals surface area contributed by atoms with Crippen LogP contribution in [0.15, 0.2) is 36.4 Å². The van der Waals surface area contributed by atoms with Crippen molar-refractivity contribution in [3.8, 4) is 0 Å². The van der Waals surface area contributed by atoms with Crippen molar-refractivity contribution in [3.05, 3.63) is 69.7 Å². The van der Waals surface area contributed by atoms with Gasteiger partial charge in [-0.1, -0.05) is 17.7 Å². The van der Waals surface area contributed by atoms with Crippen molar-refractivity contribution in [1.82, 2.24) is 9.80 Å². The first-order valence-corrected chi connectivity index (χ1v) is 9.74. The Hall–Kier alpha value is -3.08. The molecule has 1 fully saturated rings. The van der Waals surface area contributed by atoms with Gasteiger partial charge in [0.15, 0.2) is 0 Å². The Labute approximate surface area is 188 Å². The van der Waals surface area contributed by atoms with E-state index in [-0.39, 0.29) is 16.1 Å². The average Bonchev–Trinajstić information content (AvgIpc) is 2.57. The number of carbonyl (C=O) groups is 3. The fourth-order valence-electron chi connectivity index (χ4n) is 3.52. The number of amides is 4. The van der Waals surface area contributed by atoms with Gasteiger partial charge in [0.2, 0.25) is 11.8 Å². The van der Waals surface area contributed by atoms with Gasteiger partial charge in [-0.2, -0.15) is 17.6 Å². The van der Waals surface area contributed by atoms with Crippen LogP contribution < -0.4 is 0 Å². The molecule has 0 aromatic heterocycles. The van der Waals surface area contributed by atoms with Crippen LogP contribution in [-0.4, -0.2) is 39.7 Å². The molecule has 1 aliphatic rings. The second kappa shape index (κ2) is 8.69. The summed E-state index contributed by atoms with van der Waals surface area (Å²) in [6.45, 7) is 1.42. The maximum atomic E-state index is 14.9. The van der Waals surface area contributed by atoms with Crippen molar-refractivity contribution in [1.29, 1.82) is 0 Å². The molecule has 2 aromatic carbocycles. The minimum absolute atomic E-state index is 0.245. The summed E-state index contributed by atoms with van der Waals surface area (Å²) in [4.78, 5) is 35.3. The van der Waals surface area contributed by atoms with E-state index in [1.807, 2.05) is 0 Å². The Balaban J connectivity index is 1.92. The summed E-state index contributed by atoms with van der Waals surface area (Å²) >= 11 is 5.61. The predicted octanol–water partition coefficient (Wildman–Crippen LogP) is 5.08. The number of imide groups is 2. The first-order valence-electron chi connectivity index (χ1n) is 9.36.